The average molecular weight is 307 g/mol. The van der Waals surface area contributed by atoms with Crippen LogP contribution in [-0.2, 0) is 6.54 Å². The Bertz CT molecular complexity index is 688. The molecule has 90 valence electrons. The summed E-state index contributed by atoms with van der Waals surface area (Å²) in [6.07, 6.45) is 1.53. The van der Waals surface area contributed by atoms with Gasteiger partial charge in [-0.1, -0.05) is 15.9 Å². The van der Waals surface area contributed by atoms with Gasteiger partial charge in [0.2, 0.25) is 0 Å². The SMILES string of the molecule is N#Cc1cccn(Cc2cc(Br)ccc2F)c1=O. The number of nitriles is 1. The lowest BCUT2D eigenvalue weighted by molar-refractivity contribution is 0.595. The summed E-state index contributed by atoms with van der Waals surface area (Å²) in [5.74, 6) is -0.382. The molecule has 0 atom stereocenters. The van der Waals surface area contributed by atoms with Crippen LogP contribution in [0.3, 0.4) is 0 Å². The van der Waals surface area contributed by atoms with E-state index in [4.69, 9.17) is 5.26 Å². The maximum atomic E-state index is 13.6. The first kappa shape index (κ1) is 12.5. The Balaban J connectivity index is 2.44. The summed E-state index contributed by atoms with van der Waals surface area (Å²) in [7, 11) is 0. The number of pyridine rings is 1. The minimum atomic E-state index is -0.417. The van der Waals surface area contributed by atoms with Crippen molar-refractivity contribution in [3.8, 4) is 6.07 Å². The van der Waals surface area contributed by atoms with Crippen LogP contribution in [0.15, 0.2) is 45.8 Å². The van der Waals surface area contributed by atoms with Gasteiger partial charge >= 0.3 is 0 Å². The van der Waals surface area contributed by atoms with E-state index in [1.165, 1.54) is 22.9 Å². The van der Waals surface area contributed by atoms with Crippen molar-refractivity contribution < 1.29 is 4.39 Å². The summed E-state index contributed by atoms with van der Waals surface area (Å²) in [6, 6.07) is 9.38. The van der Waals surface area contributed by atoms with Crippen LogP contribution < -0.4 is 5.56 Å². The molecule has 5 heteroatoms. The largest absolute Gasteiger partial charge is 0.310 e. The molecule has 1 aromatic heterocycles. The summed E-state index contributed by atoms with van der Waals surface area (Å²) >= 11 is 3.25. The lowest BCUT2D eigenvalue weighted by atomic mass is 10.2. The van der Waals surface area contributed by atoms with Gasteiger partial charge in [-0.05, 0) is 30.3 Å². The maximum absolute atomic E-state index is 13.6. The third kappa shape index (κ3) is 2.49. The van der Waals surface area contributed by atoms with Crippen LogP contribution >= 0.6 is 15.9 Å². The van der Waals surface area contributed by atoms with E-state index in [0.29, 0.717) is 5.56 Å². The fourth-order valence-electron chi connectivity index (χ4n) is 1.59. The van der Waals surface area contributed by atoms with Crippen LogP contribution in [0.1, 0.15) is 11.1 Å². The fourth-order valence-corrected chi connectivity index (χ4v) is 2.00. The summed E-state index contributed by atoms with van der Waals surface area (Å²) < 4.78 is 15.6. The zero-order chi connectivity index (χ0) is 13.1. The van der Waals surface area contributed by atoms with Crippen LogP contribution in [0.2, 0.25) is 0 Å². The molecule has 0 aliphatic rings. The fraction of sp³-hybridized carbons (Fsp3) is 0.0769. The molecule has 0 aliphatic carbocycles. The van der Waals surface area contributed by atoms with Gasteiger partial charge in [0.25, 0.3) is 5.56 Å². The van der Waals surface area contributed by atoms with Crippen LogP contribution in [0.4, 0.5) is 4.39 Å². The molecule has 0 fully saturated rings. The number of benzene rings is 1. The molecule has 0 amide bonds. The van der Waals surface area contributed by atoms with Crippen molar-refractivity contribution in [1.29, 1.82) is 5.26 Å². The lowest BCUT2D eigenvalue weighted by Gasteiger charge is -2.07. The monoisotopic (exact) mass is 306 g/mol. The van der Waals surface area contributed by atoms with Crippen molar-refractivity contribution in [2.24, 2.45) is 0 Å². The van der Waals surface area contributed by atoms with Crippen LogP contribution in [0.5, 0.6) is 0 Å². The highest BCUT2D eigenvalue weighted by atomic mass is 79.9. The molecule has 0 spiro atoms. The number of halogens is 2. The second-order valence-corrected chi connectivity index (χ2v) is 4.62. The summed E-state index contributed by atoms with van der Waals surface area (Å²) in [5.41, 5.74) is 0.0221. The topological polar surface area (TPSA) is 45.8 Å². The van der Waals surface area contributed by atoms with Gasteiger partial charge in [0, 0.05) is 16.2 Å². The Kier molecular flexibility index (Phi) is 3.58. The Hall–Kier alpha value is -1.93. The highest BCUT2D eigenvalue weighted by Crippen LogP contribution is 2.16. The molecule has 1 aromatic carbocycles. The van der Waals surface area contributed by atoms with E-state index in [1.54, 1.807) is 18.2 Å². The molecule has 0 aliphatic heterocycles. The smallest absolute Gasteiger partial charge is 0.268 e. The van der Waals surface area contributed by atoms with Crippen LogP contribution in [0.25, 0.3) is 0 Å². The van der Waals surface area contributed by atoms with E-state index in [-0.39, 0.29) is 17.9 Å². The first-order valence-corrected chi connectivity index (χ1v) is 5.94. The second kappa shape index (κ2) is 5.15. The zero-order valence-corrected chi connectivity index (χ0v) is 10.8. The molecule has 0 bridgehead atoms. The van der Waals surface area contributed by atoms with Gasteiger partial charge in [-0.15, -0.1) is 0 Å². The van der Waals surface area contributed by atoms with Crippen molar-refractivity contribution >= 4 is 15.9 Å². The third-order valence-electron chi connectivity index (χ3n) is 2.49. The molecule has 0 saturated carbocycles. The third-order valence-corrected chi connectivity index (χ3v) is 2.98. The predicted molar refractivity (Wildman–Crippen MR) is 68.6 cm³/mol. The van der Waals surface area contributed by atoms with Crippen molar-refractivity contribution in [2.45, 2.75) is 6.54 Å². The lowest BCUT2D eigenvalue weighted by Crippen LogP contribution is -2.22. The van der Waals surface area contributed by atoms with E-state index in [9.17, 15) is 9.18 Å². The molecule has 0 radical (unpaired) electrons. The zero-order valence-electron chi connectivity index (χ0n) is 9.23. The van der Waals surface area contributed by atoms with Crippen LogP contribution in [-0.4, -0.2) is 4.57 Å². The van der Waals surface area contributed by atoms with Crippen molar-refractivity contribution in [2.75, 3.05) is 0 Å². The minimum Gasteiger partial charge on any atom is -0.310 e. The number of hydrogen-bond acceptors (Lipinski definition) is 2. The number of aromatic nitrogens is 1. The Labute approximate surface area is 111 Å². The number of rotatable bonds is 2. The minimum absolute atomic E-state index is 0.0490. The highest BCUT2D eigenvalue weighted by Gasteiger charge is 2.07. The molecule has 2 aromatic rings. The van der Waals surface area contributed by atoms with E-state index >= 15 is 0 Å². The molecule has 1 heterocycles. The number of hydrogen-bond donors (Lipinski definition) is 0. The molecule has 3 nitrogen and oxygen atoms in total. The molecular formula is C13H8BrFN2O. The maximum Gasteiger partial charge on any atom is 0.268 e. The number of nitrogens with zero attached hydrogens (tertiary/aromatic N) is 2. The quantitative estimate of drug-likeness (QED) is 0.856. The average Bonchev–Trinajstić information content (AvgIpc) is 2.36. The van der Waals surface area contributed by atoms with Gasteiger partial charge in [-0.2, -0.15) is 5.26 Å². The van der Waals surface area contributed by atoms with Gasteiger partial charge in [0.05, 0.1) is 6.54 Å². The normalized spacial score (nSPS) is 10.1. The van der Waals surface area contributed by atoms with Crippen molar-refractivity contribution in [1.82, 2.24) is 4.57 Å². The van der Waals surface area contributed by atoms with Crippen LogP contribution in [0, 0.1) is 17.1 Å². The van der Waals surface area contributed by atoms with Gasteiger partial charge < -0.3 is 4.57 Å². The van der Waals surface area contributed by atoms with Gasteiger partial charge in [0.1, 0.15) is 17.4 Å². The van der Waals surface area contributed by atoms with E-state index in [2.05, 4.69) is 15.9 Å². The molecule has 0 N–H and O–H groups in total. The molecule has 18 heavy (non-hydrogen) atoms. The predicted octanol–water partition coefficient (Wildman–Crippen LogP) is 2.67. The second-order valence-electron chi connectivity index (χ2n) is 3.70. The van der Waals surface area contributed by atoms with E-state index < -0.39 is 5.56 Å². The van der Waals surface area contributed by atoms with E-state index in [1.807, 2.05) is 6.07 Å². The van der Waals surface area contributed by atoms with Crippen molar-refractivity contribution in [3.05, 3.63) is 68.3 Å². The molecule has 2 rings (SSSR count). The van der Waals surface area contributed by atoms with Gasteiger partial charge in [0.15, 0.2) is 0 Å². The van der Waals surface area contributed by atoms with E-state index in [0.717, 1.165) is 4.47 Å². The first-order valence-electron chi connectivity index (χ1n) is 5.15. The Morgan fingerprint density at radius 3 is 2.89 bits per heavy atom. The molecular weight excluding hydrogens is 299 g/mol. The van der Waals surface area contributed by atoms with Crippen molar-refractivity contribution in [3.63, 3.8) is 0 Å². The standard InChI is InChI=1S/C13H8BrFN2O/c14-11-3-4-12(15)10(6-11)8-17-5-1-2-9(7-16)13(17)18/h1-6H,8H2. The van der Waals surface area contributed by atoms with Gasteiger partial charge in [-0.25, -0.2) is 4.39 Å². The Morgan fingerprint density at radius 1 is 1.39 bits per heavy atom. The van der Waals surface area contributed by atoms with Gasteiger partial charge in [-0.3, -0.25) is 4.79 Å². The highest BCUT2D eigenvalue weighted by molar-refractivity contribution is 9.10. The Morgan fingerprint density at radius 2 is 2.17 bits per heavy atom. The summed E-state index contributed by atoms with van der Waals surface area (Å²) in [5, 5.41) is 8.76. The summed E-state index contributed by atoms with van der Waals surface area (Å²) in [6.45, 7) is 0.0969. The molecule has 0 unspecified atom stereocenters. The molecule has 0 saturated heterocycles. The summed E-state index contributed by atoms with van der Waals surface area (Å²) in [4.78, 5) is 11.8. The first-order chi connectivity index (χ1) is 8.61.